The van der Waals surface area contributed by atoms with E-state index in [1.165, 1.54) is 6.92 Å². The van der Waals surface area contributed by atoms with Crippen LogP contribution in [-0.2, 0) is 19.9 Å². The summed E-state index contributed by atoms with van der Waals surface area (Å²) in [6.07, 6.45) is 4.29. The summed E-state index contributed by atoms with van der Waals surface area (Å²) in [5.41, 5.74) is 2.44. The number of carbonyl (C=O) groups is 1. The van der Waals surface area contributed by atoms with Gasteiger partial charge in [0.25, 0.3) is 0 Å². The Kier molecular flexibility index (Phi) is 4.18. The molecule has 1 aromatic carbocycles. The smallest absolute Gasteiger partial charge is 0.222 e. The molecule has 134 valence electrons. The van der Waals surface area contributed by atoms with E-state index >= 15 is 0 Å². The van der Waals surface area contributed by atoms with Gasteiger partial charge in [-0.3, -0.25) is 4.79 Å². The lowest BCUT2D eigenvalue weighted by Gasteiger charge is -2.26. The minimum absolute atomic E-state index is 0.159. The highest BCUT2D eigenvalue weighted by Crippen LogP contribution is 2.35. The second kappa shape index (κ2) is 6.51. The molecule has 26 heavy (non-hydrogen) atoms. The minimum Gasteiger partial charge on any atom is -0.378 e. The van der Waals surface area contributed by atoms with Crippen molar-refractivity contribution in [3.8, 4) is 5.69 Å². The van der Waals surface area contributed by atoms with Gasteiger partial charge in [-0.05, 0) is 17.7 Å². The van der Waals surface area contributed by atoms with Crippen LogP contribution in [0.4, 0.5) is 5.82 Å². The summed E-state index contributed by atoms with van der Waals surface area (Å²) >= 11 is 0. The number of aromatic nitrogens is 3. The highest BCUT2D eigenvalue weighted by molar-refractivity contribution is 5.90. The molecule has 1 N–H and O–H groups in total. The molecule has 1 atom stereocenters. The number of carbonyl (C=O) groups excluding carboxylic acids is 1. The van der Waals surface area contributed by atoms with Crippen molar-refractivity contribution in [2.45, 2.75) is 18.9 Å². The molecule has 2 aromatic heterocycles. The molecule has 7 heteroatoms. The van der Waals surface area contributed by atoms with Crippen molar-refractivity contribution in [2.24, 2.45) is 0 Å². The fourth-order valence-corrected chi connectivity index (χ4v) is 3.35. The maximum atomic E-state index is 11.3. The van der Waals surface area contributed by atoms with Gasteiger partial charge in [-0.2, -0.15) is 5.10 Å². The molecule has 1 amide bonds. The molecule has 0 spiro atoms. The van der Waals surface area contributed by atoms with Gasteiger partial charge in [0.2, 0.25) is 5.91 Å². The quantitative estimate of drug-likeness (QED) is 0.781. The summed E-state index contributed by atoms with van der Waals surface area (Å²) < 4.78 is 13.2. The average Bonchev–Trinajstić information content (AvgIpc) is 3.29. The SMILES string of the molecule is COC1(c2cccc(-n3ncc4cnc(NC(C)=O)cc43)c2)CCOC1. The zero-order valence-corrected chi connectivity index (χ0v) is 14.7. The number of amides is 1. The molecule has 0 radical (unpaired) electrons. The van der Waals surface area contributed by atoms with E-state index in [4.69, 9.17) is 9.47 Å². The first kappa shape index (κ1) is 16.7. The first-order chi connectivity index (χ1) is 12.6. The Bertz CT molecular complexity index is 960. The number of methoxy groups -OCH3 is 1. The van der Waals surface area contributed by atoms with Crippen LogP contribution in [0.2, 0.25) is 0 Å². The van der Waals surface area contributed by atoms with Gasteiger partial charge in [0.1, 0.15) is 11.4 Å². The van der Waals surface area contributed by atoms with Crippen molar-refractivity contribution in [3.05, 3.63) is 48.3 Å². The van der Waals surface area contributed by atoms with Crippen molar-refractivity contribution in [1.82, 2.24) is 14.8 Å². The molecule has 7 nitrogen and oxygen atoms in total. The summed E-state index contributed by atoms with van der Waals surface area (Å²) in [6.45, 7) is 2.69. The van der Waals surface area contributed by atoms with Crippen molar-refractivity contribution in [3.63, 3.8) is 0 Å². The van der Waals surface area contributed by atoms with E-state index in [0.29, 0.717) is 19.0 Å². The van der Waals surface area contributed by atoms with Gasteiger partial charge < -0.3 is 14.8 Å². The van der Waals surface area contributed by atoms with Crippen molar-refractivity contribution < 1.29 is 14.3 Å². The Labute approximate surface area is 150 Å². The van der Waals surface area contributed by atoms with E-state index in [-0.39, 0.29) is 5.91 Å². The zero-order chi connectivity index (χ0) is 18.1. The molecule has 1 unspecified atom stereocenters. The van der Waals surface area contributed by atoms with Crippen molar-refractivity contribution >= 4 is 22.6 Å². The number of ether oxygens (including phenoxy) is 2. The molecule has 3 aromatic rings. The van der Waals surface area contributed by atoms with E-state index in [1.807, 2.05) is 22.9 Å². The summed E-state index contributed by atoms with van der Waals surface area (Å²) in [5, 5.41) is 8.10. The zero-order valence-electron chi connectivity index (χ0n) is 14.7. The van der Waals surface area contributed by atoms with Crippen LogP contribution in [0.5, 0.6) is 0 Å². The van der Waals surface area contributed by atoms with E-state index in [2.05, 4.69) is 27.5 Å². The first-order valence-corrected chi connectivity index (χ1v) is 8.46. The Morgan fingerprint density at radius 3 is 2.96 bits per heavy atom. The number of nitrogens with one attached hydrogen (secondary N) is 1. The second-order valence-electron chi connectivity index (χ2n) is 6.42. The molecular weight excluding hydrogens is 332 g/mol. The van der Waals surface area contributed by atoms with Gasteiger partial charge in [0.15, 0.2) is 0 Å². The van der Waals surface area contributed by atoms with Gasteiger partial charge in [-0.15, -0.1) is 0 Å². The summed E-state index contributed by atoms with van der Waals surface area (Å²) in [6, 6.07) is 9.93. The molecule has 1 saturated heterocycles. The summed E-state index contributed by atoms with van der Waals surface area (Å²) in [7, 11) is 1.72. The van der Waals surface area contributed by atoms with Gasteiger partial charge in [0, 0.05) is 44.7 Å². The normalized spacial score (nSPS) is 19.8. The number of fused-ring (bicyclic) bond motifs is 1. The Morgan fingerprint density at radius 1 is 1.35 bits per heavy atom. The maximum Gasteiger partial charge on any atom is 0.222 e. The largest absolute Gasteiger partial charge is 0.378 e. The third-order valence-corrected chi connectivity index (χ3v) is 4.75. The van der Waals surface area contributed by atoms with Gasteiger partial charge in [-0.1, -0.05) is 12.1 Å². The second-order valence-corrected chi connectivity index (χ2v) is 6.42. The molecule has 3 heterocycles. The molecule has 4 rings (SSSR count). The highest BCUT2D eigenvalue weighted by Gasteiger charge is 2.37. The summed E-state index contributed by atoms with van der Waals surface area (Å²) in [4.78, 5) is 15.5. The number of anilines is 1. The number of pyridine rings is 1. The van der Waals surface area contributed by atoms with Gasteiger partial charge in [-0.25, -0.2) is 9.67 Å². The van der Waals surface area contributed by atoms with E-state index in [1.54, 1.807) is 19.5 Å². The topological polar surface area (TPSA) is 78.3 Å². The van der Waals surface area contributed by atoms with Crippen LogP contribution in [0.3, 0.4) is 0 Å². The molecule has 0 aliphatic carbocycles. The monoisotopic (exact) mass is 352 g/mol. The van der Waals surface area contributed by atoms with E-state index in [9.17, 15) is 4.79 Å². The average molecular weight is 352 g/mol. The fourth-order valence-electron chi connectivity index (χ4n) is 3.35. The molecule has 1 aliphatic rings. The van der Waals surface area contributed by atoms with Crippen LogP contribution >= 0.6 is 0 Å². The lowest BCUT2D eigenvalue weighted by atomic mass is 9.92. The van der Waals surface area contributed by atoms with E-state index < -0.39 is 5.60 Å². The first-order valence-electron chi connectivity index (χ1n) is 8.46. The van der Waals surface area contributed by atoms with Crippen LogP contribution < -0.4 is 5.32 Å². The Balaban J connectivity index is 1.78. The number of benzene rings is 1. The number of nitrogens with zero attached hydrogens (tertiary/aromatic N) is 3. The molecule has 0 bridgehead atoms. The van der Waals surface area contributed by atoms with Crippen LogP contribution in [0, 0.1) is 0 Å². The summed E-state index contributed by atoms with van der Waals surface area (Å²) in [5.74, 6) is 0.341. The van der Waals surface area contributed by atoms with Crippen molar-refractivity contribution in [2.75, 3.05) is 25.6 Å². The predicted molar refractivity (Wildman–Crippen MR) is 97.3 cm³/mol. The molecular formula is C19H20N4O3. The molecule has 0 saturated carbocycles. The Hall–Kier alpha value is -2.77. The van der Waals surface area contributed by atoms with E-state index in [0.717, 1.165) is 28.6 Å². The lowest BCUT2D eigenvalue weighted by molar-refractivity contribution is -0.114. The Morgan fingerprint density at radius 2 is 2.23 bits per heavy atom. The lowest BCUT2D eigenvalue weighted by Crippen LogP contribution is -2.28. The number of hydrogen-bond donors (Lipinski definition) is 1. The predicted octanol–water partition coefficient (Wildman–Crippen LogP) is 2.64. The third kappa shape index (κ3) is 2.85. The molecule has 1 aliphatic heterocycles. The molecule has 1 fully saturated rings. The third-order valence-electron chi connectivity index (χ3n) is 4.75. The van der Waals surface area contributed by atoms with Crippen LogP contribution in [0.15, 0.2) is 42.7 Å². The van der Waals surface area contributed by atoms with Crippen molar-refractivity contribution in [1.29, 1.82) is 0 Å². The van der Waals surface area contributed by atoms with Crippen LogP contribution in [0.1, 0.15) is 18.9 Å². The van der Waals surface area contributed by atoms with Crippen LogP contribution in [0.25, 0.3) is 16.6 Å². The standard InChI is InChI=1S/C19H20N4O3/c1-13(24)22-18-9-17-14(10-20-18)11-21-23(17)16-5-3-4-15(8-16)19(25-2)6-7-26-12-19/h3-5,8-11H,6-7,12H2,1-2H3,(H,20,22,24). The van der Waals surface area contributed by atoms with Crippen LogP contribution in [-0.4, -0.2) is 41.0 Å². The minimum atomic E-state index is -0.415. The van der Waals surface area contributed by atoms with Gasteiger partial charge in [0.05, 0.1) is 24.0 Å². The maximum absolute atomic E-state index is 11.3. The fraction of sp³-hybridized carbons (Fsp3) is 0.316. The van der Waals surface area contributed by atoms with Gasteiger partial charge >= 0.3 is 0 Å². The number of rotatable bonds is 4. The highest BCUT2D eigenvalue weighted by atomic mass is 16.5. The number of hydrogen-bond acceptors (Lipinski definition) is 5.